The number of nitriles is 1. The summed E-state index contributed by atoms with van der Waals surface area (Å²) in [6.07, 6.45) is 0. The Morgan fingerprint density at radius 3 is 2.76 bits per heavy atom. The van der Waals surface area contributed by atoms with Crippen LogP contribution in [-0.4, -0.2) is 10.1 Å². The van der Waals surface area contributed by atoms with Crippen molar-refractivity contribution >= 4 is 15.9 Å². The fraction of sp³-hybridized carbons (Fsp3) is 0. The second kappa shape index (κ2) is 4.52. The molecule has 0 bridgehead atoms. The number of hydrogen-bond acceptors (Lipinski definition) is 3. The van der Waals surface area contributed by atoms with E-state index in [4.69, 9.17) is 5.26 Å². The molecule has 1 aromatic heterocycles. The van der Waals surface area contributed by atoms with E-state index in [0.29, 0.717) is 11.1 Å². The van der Waals surface area contributed by atoms with Gasteiger partial charge in [0.05, 0.1) is 0 Å². The van der Waals surface area contributed by atoms with Gasteiger partial charge in [-0.2, -0.15) is 5.26 Å². The van der Waals surface area contributed by atoms with E-state index < -0.39 is 5.82 Å². The molecule has 0 unspecified atom stereocenters. The van der Waals surface area contributed by atoms with Gasteiger partial charge in [0.15, 0.2) is 5.75 Å². The fourth-order valence-corrected chi connectivity index (χ4v) is 1.85. The van der Waals surface area contributed by atoms with E-state index in [2.05, 4.69) is 20.9 Å². The smallest absolute Gasteiger partial charge is 0.156 e. The van der Waals surface area contributed by atoms with E-state index in [9.17, 15) is 9.50 Å². The zero-order chi connectivity index (χ0) is 12.4. The van der Waals surface area contributed by atoms with Crippen molar-refractivity contribution in [3.63, 3.8) is 0 Å². The van der Waals surface area contributed by atoms with Gasteiger partial charge in [0.2, 0.25) is 0 Å². The summed E-state index contributed by atoms with van der Waals surface area (Å²) in [5.74, 6) is -0.525. The number of aromatic hydroxyl groups is 1. The number of nitrogens with zero attached hydrogens (tertiary/aromatic N) is 2. The molecule has 2 rings (SSSR count). The molecule has 1 N–H and O–H groups in total. The highest BCUT2D eigenvalue weighted by Gasteiger charge is 2.11. The summed E-state index contributed by atoms with van der Waals surface area (Å²) < 4.78 is 13.3. The van der Waals surface area contributed by atoms with Crippen molar-refractivity contribution in [2.45, 2.75) is 0 Å². The molecule has 1 heterocycles. The number of rotatable bonds is 1. The lowest BCUT2D eigenvalue weighted by Gasteiger charge is -2.06. The number of aromatic nitrogens is 1. The van der Waals surface area contributed by atoms with Gasteiger partial charge in [0.1, 0.15) is 22.2 Å². The molecule has 3 nitrogen and oxygen atoms in total. The molecule has 5 heteroatoms. The zero-order valence-corrected chi connectivity index (χ0v) is 10.1. The average Bonchev–Trinajstić information content (AvgIpc) is 2.32. The molecule has 17 heavy (non-hydrogen) atoms. The zero-order valence-electron chi connectivity index (χ0n) is 8.48. The Balaban J connectivity index is 2.67. The summed E-state index contributed by atoms with van der Waals surface area (Å²) in [4.78, 5) is 3.81. The second-order valence-electron chi connectivity index (χ2n) is 3.32. The monoisotopic (exact) mass is 292 g/mol. The Morgan fingerprint density at radius 2 is 2.12 bits per heavy atom. The first-order chi connectivity index (χ1) is 8.11. The van der Waals surface area contributed by atoms with Crippen LogP contribution in [0.5, 0.6) is 5.75 Å². The molecule has 84 valence electrons. The molecule has 0 amide bonds. The van der Waals surface area contributed by atoms with Crippen molar-refractivity contribution in [1.29, 1.82) is 5.26 Å². The van der Waals surface area contributed by atoms with Crippen LogP contribution in [0.3, 0.4) is 0 Å². The van der Waals surface area contributed by atoms with Crippen LogP contribution in [0.1, 0.15) is 5.69 Å². The second-order valence-corrected chi connectivity index (χ2v) is 4.07. The lowest BCUT2D eigenvalue weighted by Crippen LogP contribution is -1.89. The highest BCUT2D eigenvalue weighted by atomic mass is 79.9. The van der Waals surface area contributed by atoms with Crippen molar-refractivity contribution in [2.24, 2.45) is 0 Å². The highest BCUT2D eigenvalue weighted by Crippen LogP contribution is 2.34. The van der Waals surface area contributed by atoms with E-state index in [0.717, 1.165) is 0 Å². The summed E-state index contributed by atoms with van der Waals surface area (Å²) in [5.41, 5.74) is 0.999. The van der Waals surface area contributed by atoms with Crippen molar-refractivity contribution in [3.8, 4) is 22.9 Å². The normalized spacial score (nSPS) is 9.94. The molecule has 0 radical (unpaired) electrons. The quantitative estimate of drug-likeness (QED) is 0.821. The van der Waals surface area contributed by atoms with Crippen molar-refractivity contribution in [2.75, 3.05) is 0 Å². The molecule has 2 aromatic rings. The van der Waals surface area contributed by atoms with E-state index in [1.54, 1.807) is 6.07 Å². The molecule has 0 saturated carbocycles. The SMILES string of the molecule is N#Cc1cc(-c2cccc(F)c2)c(O)c(Br)n1. The maximum atomic E-state index is 13.1. The third-order valence-electron chi connectivity index (χ3n) is 2.20. The summed E-state index contributed by atoms with van der Waals surface area (Å²) in [6, 6.07) is 9.05. The molecule has 0 aliphatic carbocycles. The van der Waals surface area contributed by atoms with Crippen molar-refractivity contribution in [3.05, 3.63) is 46.4 Å². The molecule has 0 fully saturated rings. The first-order valence-electron chi connectivity index (χ1n) is 4.67. The van der Waals surface area contributed by atoms with Gasteiger partial charge in [0.25, 0.3) is 0 Å². The van der Waals surface area contributed by atoms with Crippen LogP contribution in [0.15, 0.2) is 34.9 Å². The predicted octanol–water partition coefficient (Wildman–Crippen LogP) is 3.23. The Hall–Kier alpha value is -1.93. The minimum atomic E-state index is -0.409. The Morgan fingerprint density at radius 1 is 1.35 bits per heavy atom. The fourth-order valence-electron chi connectivity index (χ4n) is 1.44. The lowest BCUT2D eigenvalue weighted by molar-refractivity contribution is 0.470. The molecular formula is C12H6BrFN2O. The van der Waals surface area contributed by atoms with Crippen LogP contribution in [0.4, 0.5) is 4.39 Å². The van der Waals surface area contributed by atoms with Gasteiger partial charge in [-0.3, -0.25) is 0 Å². The van der Waals surface area contributed by atoms with Gasteiger partial charge < -0.3 is 5.11 Å². The molecular weight excluding hydrogens is 287 g/mol. The third kappa shape index (κ3) is 2.27. The van der Waals surface area contributed by atoms with Gasteiger partial charge in [-0.15, -0.1) is 0 Å². The van der Waals surface area contributed by atoms with E-state index in [1.807, 2.05) is 6.07 Å². The van der Waals surface area contributed by atoms with E-state index in [1.165, 1.54) is 24.3 Å². The van der Waals surface area contributed by atoms with Gasteiger partial charge in [-0.1, -0.05) is 12.1 Å². The molecule has 0 aliphatic rings. The topological polar surface area (TPSA) is 56.9 Å². The predicted molar refractivity (Wildman–Crippen MR) is 63.7 cm³/mol. The maximum absolute atomic E-state index is 13.1. The van der Waals surface area contributed by atoms with Crippen LogP contribution in [-0.2, 0) is 0 Å². The van der Waals surface area contributed by atoms with Crippen molar-refractivity contribution < 1.29 is 9.50 Å². The van der Waals surface area contributed by atoms with Crippen LogP contribution in [0, 0.1) is 17.1 Å². The van der Waals surface area contributed by atoms with Gasteiger partial charge in [0, 0.05) is 5.56 Å². The van der Waals surface area contributed by atoms with E-state index in [-0.39, 0.29) is 16.0 Å². The number of hydrogen-bond donors (Lipinski definition) is 1. The molecule has 0 saturated heterocycles. The van der Waals surface area contributed by atoms with Crippen LogP contribution in [0.2, 0.25) is 0 Å². The van der Waals surface area contributed by atoms with Gasteiger partial charge in [-0.25, -0.2) is 9.37 Å². The minimum Gasteiger partial charge on any atom is -0.505 e. The Labute approximate surface area is 105 Å². The number of halogens is 2. The standard InChI is InChI=1S/C12H6BrFN2O/c13-12-11(17)10(5-9(6-15)16-12)7-2-1-3-8(14)4-7/h1-5,17H. The number of pyridine rings is 1. The average molecular weight is 293 g/mol. The van der Waals surface area contributed by atoms with Crippen LogP contribution >= 0.6 is 15.9 Å². The Bertz CT molecular complexity index is 622. The van der Waals surface area contributed by atoms with E-state index >= 15 is 0 Å². The molecule has 0 atom stereocenters. The number of benzene rings is 1. The first-order valence-corrected chi connectivity index (χ1v) is 5.46. The lowest BCUT2D eigenvalue weighted by atomic mass is 10.1. The molecule has 0 aliphatic heterocycles. The first kappa shape index (κ1) is 11.6. The van der Waals surface area contributed by atoms with Crippen LogP contribution < -0.4 is 0 Å². The highest BCUT2D eigenvalue weighted by molar-refractivity contribution is 9.10. The van der Waals surface area contributed by atoms with Crippen LogP contribution in [0.25, 0.3) is 11.1 Å². The Kier molecular flexibility index (Phi) is 3.07. The van der Waals surface area contributed by atoms with Crippen molar-refractivity contribution in [1.82, 2.24) is 4.98 Å². The minimum absolute atomic E-state index is 0.116. The summed E-state index contributed by atoms with van der Waals surface area (Å²) in [5, 5.41) is 18.6. The summed E-state index contributed by atoms with van der Waals surface area (Å²) >= 11 is 3.05. The third-order valence-corrected chi connectivity index (χ3v) is 2.75. The maximum Gasteiger partial charge on any atom is 0.156 e. The molecule has 0 spiro atoms. The summed E-state index contributed by atoms with van der Waals surface area (Å²) in [7, 11) is 0. The summed E-state index contributed by atoms with van der Waals surface area (Å²) in [6.45, 7) is 0. The van der Waals surface area contributed by atoms with Gasteiger partial charge >= 0.3 is 0 Å². The largest absolute Gasteiger partial charge is 0.505 e. The van der Waals surface area contributed by atoms with Gasteiger partial charge in [-0.05, 0) is 39.7 Å². The molecule has 1 aromatic carbocycles.